The van der Waals surface area contributed by atoms with E-state index in [0.29, 0.717) is 10.6 Å². The van der Waals surface area contributed by atoms with Crippen LogP contribution in [0.25, 0.3) is 43.8 Å². The first-order valence-electron chi connectivity index (χ1n) is 14.0. The fourth-order valence-corrected chi connectivity index (χ4v) is 5.97. The minimum absolute atomic E-state index is 0.00977. The molecular weight excluding hydrogens is 552 g/mol. The predicted octanol–water partition coefficient (Wildman–Crippen LogP) is 11.4. The molecule has 0 aliphatic rings. The highest BCUT2D eigenvalue weighted by Gasteiger charge is 2.19. The Bertz CT molecular complexity index is 2130. The average molecular weight is 577 g/mol. The van der Waals surface area contributed by atoms with Crippen molar-refractivity contribution in [1.29, 1.82) is 0 Å². The molecule has 0 unspecified atom stereocenters. The topological polar surface area (TPSA) is 46.4 Å². The van der Waals surface area contributed by atoms with Crippen molar-refractivity contribution >= 4 is 55.9 Å². The van der Waals surface area contributed by atoms with Crippen molar-refractivity contribution in [3.63, 3.8) is 0 Å². The zero-order valence-electron chi connectivity index (χ0n) is 23.0. The lowest BCUT2D eigenvalue weighted by molar-refractivity contribution is -0.384. The van der Waals surface area contributed by atoms with Gasteiger partial charge in [0.05, 0.1) is 10.5 Å². The fraction of sp³-hybridized carbons (Fsp3) is 0. The number of rotatable bonds is 6. The van der Waals surface area contributed by atoms with Gasteiger partial charge in [0.2, 0.25) is 0 Å². The number of nitro benzene ring substituents is 1. The van der Waals surface area contributed by atoms with Crippen LogP contribution in [0.1, 0.15) is 0 Å². The molecule has 0 N–H and O–H groups in total. The number of para-hydroxylation sites is 1. The second-order valence-corrected chi connectivity index (χ2v) is 10.8. The van der Waals surface area contributed by atoms with E-state index >= 15 is 0 Å². The molecule has 4 nitrogen and oxygen atoms in total. The lowest BCUT2D eigenvalue weighted by atomic mass is 9.91. The van der Waals surface area contributed by atoms with Crippen molar-refractivity contribution in [1.82, 2.24) is 0 Å². The molecule has 0 aliphatic heterocycles. The lowest BCUT2D eigenvalue weighted by Gasteiger charge is -2.26. The summed E-state index contributed by atoms with van der Waals surface area (Å²) in [5.74, 6) is 0. The molecule has 0 saturated heterocycles. The van der Waals surface area contributed by atoms with Gasteiger partial charge in [-0.25, -0.2) is 0 Å². The van der Waals surface area contributed by atoms with Crippen LogP contribution in [0, 0.1) is 10.1 Å². The molecule has 0 fully saturated rings. The van der Waals surface area contributed by atoms with E-state index in [1.54, 1.807) is 12.1 Å². The predicted molar refractivity (Wildman–Crippen MR) is 179 cm³/mol. The molecule has 0 saturated carbocycles. The van der Waals surface area contributed by atoms with Gasteiger partial charge in [0.15, 0.2) is 0 Å². The number of nitro groups is 1. The number of nitrogens with zero attached hydrogens (tertiary/aromatic N) is 2. The first-order chi connectivity index (χ1) is 21.1. The minimum atomic E-state index is -0.378. The van der Waals surface area contributed by atoms with Gasteiger partial charge in [-0.05, 0) is 86.8 Å². The number of fused-ring (bicyclic) bond motifs is 2. The van der Waals surface area contributed by atoms with Gasteiger partial charge in [0.25, 0.3) is 5.69 Å². The molecule has 0 bridgehead atoms. The van der Waals surface area contributed by atoms with Crippen LogP contribution in [0.3, 0.4) is 0 Å². The maximum absolute atomic E-state index is 11.9. The van der Waals surface area contributed by atoms with Gasteiger partial charge in [-0.1, -0.05) is 109 Å². The smallest absolute Gasteiger partial charge is 0.278 e. The monoisotopic (exact) mass is 576 g/mol. The van der Waals surface area contributed by atoms with Crippen molar-refractivity contribution in [2.24, 2.45) is 0 Å². The Morgan fingerprint density at radius 1 is 0.512 bits per heavy atom. The van der Waals surface area contributed by atoms with Crippen LogP contribution in [0.2, 0.25) is 5.02 Å². The summed E-state index contributed by atoms with van der Waals surface area (Å²) in [6, 6.07) is 50.7. The van der Waals surface area contributed by atoms with Crippen molar-refractivity contribution in [3.05, 3.63) is 167 Å². The van der Waals surface area contributed by atoms with Gasteiger partial charge in [-0.15, -0.1) is 0 Å². The first-order valence-corrected chi connectivity index (χ1v) is 14.4. The molecular formula is C38H25ClN2O2. The molecule has 0 heterocycles. The molecule has 0 radical (unpaired) electrons. The van der Waals surface area contributed by atoms with Gasteiger partial charge >= 0.3 is 0 Å². The highest BCUT2D eigenvalue weighted by atomic mass is 35.5. The average Bonchev–Trinajstić information content (AvgIpc) is 3.05. The van der Waals surface area contributed by atoms with Crippen molar-refractivity contribution in [2.75, 3.05) is 4.90 Å². The maximum atomic E-state index is 11.9. The van der Waals surface area contributed by atoms with Crippen LogP contribution >= 0.6 is 11.6 Å². The molecule has 43 heavy (non-hydrogen) atoms. The van der Waals surface area contributed by atoms with E-state index in [0.717, 1.165) is 44.5 Å². The molecule has 0 amide bonds. The van der Waals surface area contributed by atoms with E-state index in [1.165, 1.54) is 16.8 Å². The molecule has 0 atom stereocenters. The molecule has 0 aromatic heterocycles. The zero-order chi connectivity index (χ0) is 29.3. The van der Waals surface area contributed by atoms with E-state index in [9.17, 15) is 10.1 Å². The lowest BCUT2D eigenvalue weighted by Crippen LogP contribution is -2.09. The summed E-state index contributed by atoms with van der Waals surface area (Å²) in [6.07, 6.45) is 0. The second kappa shape index (κ2) is 11.1. The first kappa shape index (κ1) is 26.4. The highest BCUT2D eigenvalue weighted by molar-refractivity contribution is 6.31. The Morgan fingerprint density at radius 2 is 1.09 bits per heavy atom. The third kappa shape index (κ3) is 4.99. The van der Waals surface area contributed by atoms with Crippen LogP contribution in [0.4, 0.5) is 22.7 Å². The molecule has 7 aromatic rings. The SMILES string of the molecule is O=[N+]([O-])c1cc(Cl)ccc1-c1ccc(-c2ccc(N(c3ccccc3)c3ccc4ccccc4c3)cc2)c2ccccc12. The summed E-state index contributed by atoms with van der Waals surface area (Å²) in [5, 5.41) is 16.6. The van der Waals surface area contributed by atoms with Gasteiger partial charge < -0.3 is 4.90 Å². The summed E-state index contributed by atoms with van der Waals surface area (Å²) >= 11 is 6.10. The van der Waals surface area contributed by atoms with Crippen molar-refractivity contribution in [3.8, 4) is 22.3 Å². The third-order valence-electron chi connectivity index (χ3n) is 7.81. The normalized spacial score (nSPS) is 11.1. The van der Waals surface area contributed by atoms with Gasteiger partial charge in [0.1, 0.15) is 0 Å². The maximum Gasteiger partial charge on any atom is 0.278 e. The number of hydrogen-bond donors (Lipinski definition) is 0. The molecule has 206 valence electrons. The van der Waals surface area contributed by atoms with Crippen molar-refractivity contribution in [2.45, 2.75) is 0 Å². The number of halogens is 1. The van der Waals surface area contributed by atoms with Gasteiger partial charge in [0, 0.05) is 28.2 Å². The van der Waals surface area contributed by atoms with E-state index in [-0.39, 0.29) is 10.6 Å². The van der Waals surface area contributed by atoms with Crippen LogP contribution in [-0.4, -0.2) is 4.92 Å². The minimum Gasteiger partial charge on any atom is -0.310 e. The quantitative estimate of drug-likeness (QED) is 0.146. The van der Waals surface area contributed by atoms with Crippen LogP contribution < -0.4 is 4.90 Å². The largest absolute Gasteiger partial charge is 0.310 e. The Hall–Kier alpha value is -5.45. The van der Waals surface area contributed by atoms with Crippen LogP contribution in [0.5, 0.6) is 0 Å². The molecule has 7 aromatic carbocycles. The zero-order valence-corrected chi connectivity index (χ0v) is 23.8. The van der Waals surface area contributed by atoms with E-state index < -0.39 is 0 Å². The van der Waals surface area contributed by atoms with E-state index in [4.69, 9.17) is 11.6 Å². The Balaban J connectivity index is 1.32. The molecule has 0 spiro atoms. The fourth-order valence-electron chi connectivity index (χ4n) is 5.80. The van der Waals surface area contributed by atoms with Crippen LogP contribution in [0.15, 0.2) is 152 Å². The third-order valence-corrected chi connectivity index (χ3v) is 8.05. The number of anilines is 3. The van der Waals surface area contributed by atoms with E-state index in [2.05, 4.69) is 102 Å². The van der Waals surface area contributed by atoms with Gasteiger partial charge in [-0.2, -0.15) is 0 Å². The number of hydrogen-bond acceptors (Lipinski definition) is 3. The number of benzene rings is 7. The summed E-state index contributed by atoms with van der Waals surface area (Å²) in [4.78, 5) is 13.8. The highest BCUT2D eigenvalue weighted by Crippen LogP contribution is 2.41. The Morgan fingerprint density at radius 3 is 1.84 bits per heavy atom. The molecule has 5 heteroatoms. The van der Waals surface area contributed by atoms with Gasteiger partial charge in [-0.3, -0.25) is 10.1 Å². The Kier molecular flexibility index (Phi) is 6.82. The summed E-state index contributed by atoms with van der Waals surface area (Å²) in [6.45, 7) is 0. The van der Waals surface area contributed by atoms with Crippen molar-refractivity contribution < 1.29 is 4.92 Å². The van der Waals surface area contributed by atoms with Crippen LogP contribution in [-0.2, 0) is 0 Å². The summed E-state index contributed by atoms with van der Waals surface area (Å²) in [7, 11) is 0. The van der Waals surface area contributed by atoms with E-state index in [1.807, 2.05) is 36.4 Å². The Labute approximate surface area is 254 Å². The molecule has 7 rings (SSSR count). The summed E-state index contributed by atoms with van der Waals surface area (Å²) in [5.41, 5.74) is 6.64. The molecule has 0 aliphatic carbocycles. The standard InChI is InChI=1S/C38H25ClN2O2/c39-29-17-21-37(38(25-29)41(42)43)36-23-22-33(34-12-6-7-13-35(34)36)27-15-18-31(19-16-27)40(30-10-2-1-3-11-30)32-20-14-26-8-4-5-9-28(26)24-32/h1-25H. The second-order valence-electron chi connectivity index (χ2n) is 10.4. The summed E-state index contributed by atoms with van der Waals surface area (Å²) < 4.78 is 0.